The molecule has 0 aliphatic carbocycles. The SMILES string of the molecule is CCOC(=O)c1cc(C(C)(C)C)ccc1SC(=O)c1cccc(Cl)c1. The maximum absolute atomic E-state index is 12.5. The van der Waals surface area contributed by atoms with Crippen molar-refractivity contribution in [1.29, 1.82) is 0 Å². The number of hydrogen-bond acceptors (Lipinski definition) is 4. The van der Waals surface area contributed by atoms with Crippen LogP contribution < -0.4 is 0 Å². The zero-order chi connectivity index (χ0) is 18.6. The van der Waals surface area contributed by atoms with E-state index in [9.17, 15) is 9.59 Å². The number of hydrogen-bond donors (Lipinski definition) is 0. The van der Waals surface area contributed by atoms with Crippen LogP contribution in [0.4, 0.5) is 0 Å². The van der Waals surface area contributed by atoms with Gasteiger partial charge in [0.05, 0.1) is 12.2 Å². The molecule has 0 saturated heterocycles. The van der Waals surface area contributed by atoms with Gasteiger partial charge in [-0.2, -0.15) is 0 Å². The quantitative estimate of drug-likeness (QED) is 0.503. The van der Waals surface area contributed by atoms with Gasteiger partial charge < -0.3 is 4.74 Å². The predicted octanol–water partition coefficient (Wildman–Crippen LogP) is 5.75. The minimum atomic E-state index is -0.421. The molecule has 0 fully saturated rings. The molecular formula is C20H21ClO3S. The zero-order valence-corrected chi connectivity index (χ0v) is 16.3. The van der Waals surface area contributed by atoms with E-state index in [1.807, 2.05) is 12.1 Å². The van der Waals surface area contributed by atoms with E-state index in [2.05, 4.69) is 20.8 Å². The van der Waals surface area contributed by atoms with Crippen LogP contribution in [0.2, 0.25) is 5.02 Å². The highest BCUT2D eigenvalue weighted by atomic mass is 35.5. The second-order valence-corrected chi connectivity index (χ2v) is 8.03. The molecule has 25 heavy (non-hydrogen) atoms. The maximum Gasteiger partial charge on any atom is 0.339 e. The Balaban J connectivity index is 2.39. The molecule has 0 heterocycles. The third-order valence-corrected chi connectivity index (χ3v) is 4.84. The molecule has 5 heteroatoms. The second kappa shape index (κ2) is 8.07. The van der Waals surface area contributed by atoms with Gasteiger partial charge in [-0.25, -0.2) is 4.79 Å². The molecule has 2 rings (SSSR count). The molecule has 0 N–H and O–H groups in total. The Morgan fingerprint density at radius 1 is 1.12 bits per heavy atom. The van der Waals surface area contributed by atoms with E-state index >= 15 is 0 Å². The molecule has 0 aliphatic rings. The number of carbonyl (C=O) groups excluding carboxylic acids is 2. The van der Waals surface area contributed by atoms with E-state index in [4.69, 9.17) is 16.3 Å². The summed E-state index contributed by atoms with van der Waals surface area (Å²) in [5.41, 5.74) is 1.80. The molecule has 0 radical (unpaired) electrons. The summed E-state index contributed by atoms with van der Waals surface area (Å²) < 4.78 is 5.16. The fourth-order valence-electron chi connectivity index (χ4n) is 2.23. The van der Waals surface area contributed by atoms with Crippen LogP contribution in [-0.2, 0) is 10.2 Å². The van der Waals surface area contributed by atoms with Gasteiger partial charge in [-0.1, -0.05) is 50.6 Å². The van der Waals surface area contributed by atoms with Crippen molar-refractivity contribution in [2.45, 2.75) is 38.0 Å². The van der Waals surface area contributed by atoms with Gasteiger partial charge in [0.2, 0.25) is 5.12 Å². The Morgan fingerprint density at radius 3 is 2.44 bits per heavy atom. The molecule has 0 atom stereocenters. The molecule has 2 aromatic rings. The topological polar surface area (TPSA) is 43.4 Å². The molecule has 0 aromatic heterocycles. The molecule has 0 bridgehead atoms. The van der Waals surface area contributed by atoms with E-state index in [0.29, 0.717) is 21.0 Å². The van der Waals surface area contributed by atoms with Crippen molar-refractivity contribution >= 4 is 34.4 Å². The van der Waals surface area contributed by atoms with Crippen molar-refractivity contribution in [2.24, 2.45) is 0 Å². The summed E-state index contributed by atoms with van der Waals surface area (Å²) in [7, 11) is 0. The van der Waals surface area contributed by atoms with Crippen LogP contribution in [0.15, 0.2) is 47.4 Å². The summed E-state index contributed by atoms with van der Waals surface area (Å²) in [6.07, 6.45) is 0. The summed E-state index contributed by atoms with van der Waals surface area (Å²) in [5.74, 6) is -0.421. The number of thioether (sulfide) groups is 1. The van der Waals surface area contributed by atoms with Gasteiger partial charge in [-0.3, -0.25) is 4.79 Å². The van der Waals surface area contributed by atoms with Gasteiger partial charge in [0, 0.05) is 15.5 Å². The Kier molecular flexibility index (Phi) is 6.31. The largest absolute Gasteiger partial charge is 0.462 e. The van der Waals surface area contributed by atoms with Crippen LogP contribution in [0.25, 0.3) is 0 Å². The molecule has 0 saturated carbocycles. The molecule has 3 nitrogen and oxygen atoms in total. The molecule has 2 aromatic carbocycles. The first-order valence-electron chi connectivity index (χ1n) is 8.01. The number of carbonyl (C=O) groups is 2. The van der Waals surface area contributed by atoms with Crippen molar-refractivity contribution < 1.29 is 14.3 Å². The summed E-state index contributed by atoms with van der Waals surface area (Å²) in [5, 5.41) is 0.330. The number of benzene rings is 2. The average molecular weight is 377 g/mol. The Morgan fingerprint density at radius 2 is 1.84 bits per heavy atom. The minimum Gasteiger partial charge on any atom is -0.462 e. The van der Waals surface area contributed by atoms with Crippen LogP contribution in [0.5, 0.6) is 0 Å². The Bertz CT molecular complexity index is 794. The molecule has 0 aliphatic heterocycles. The van der Waals surface area contributed by atoms with Crippen molar-refractivity contribution in [3.63, 3.8) is 0 Å². The van der Waals surface area contributed by atoms with Crippen LogP contribution in [0, 0.1) is 0 Å². The summed E-state index contributed by atoms with van der Waals surface area (Å²) >= 11 is 6.96. The van der Waals surface area contributed by atoms with E-state index < -0.39 is 5.97 Å². The fraction of sp³-hybridized carbons (Fsp3) is 0.300. The van der Waals surface area contributed by atoms with Gasteiger partial charge in [0.25, 0.3) is 0 Å². The van der Waals surface area contributed by atoms with Crippen LogP contribution in [0.1, 0.15) is 54.0 Å². The van der Waals surface area contributed by atoms with Gasteiger partial charge in [0.1, 0.15) is 0 Å². The Hall–Kier alpha value is -1.78. The predicted molar refractivity (Wildman–Crippen MR) is 103 cm³/mol. The van der Waals surface area contributed by atoms with E-state index in [0.717, 1.165) is 17.3 Å². The highest BCUT2D eigenvalue weighted by Gasteiger charge is 2.21. The minimum absolute atomic E-state index is 0.110. The lowest BCUT2D eigenvalue weighted by Crippen LogP contribution is -2.14. The highest BCUT2D eigenvalue weighted by molar-refractivity contribution is 8.14. The number of rotatable bonds is 4. The van der Waals surface area contributed by atoms with Crippen LogP contribution in [-0.4, -0.2) is 17.7 Å². The van der Waals surface area contributed by atoms with E-state index in [1.165, 1.54) is 0 Å². The molecule has 0 unspecified atom stereocenters. The third-order valence-electron chi connectivity index (χ3n) is 3.60. The van der Waals surface area contributed by atoms with Gasteiger partial charge in [-0.05, 0) is 53.9 Å². The number of esters is 1. The maximum atomic E-state index is 12.5. The van der Waals surface area contributed by atoms with Crippen molar-refractivity contribution in [3.8, 4) is 0 Å². The normalized spacial score (nSPS) is 11.2. The average Bonchev–Trinajstić information content (AvgIpc) is 2.54. The van der Waals surface area contributed by atoms with E-state index in [-0.39, 0.29) is 17.1 Å². The molecule has 132 valence electrons. The lowest BCUT2D eigenvalue weighted by atomic mass is 9.86. The first-order valence-corrected chi connectivity index (χ1v) is 9.21. The van der Waals surface area contributed by atoms with Crippen LogP contribution >= 0.6 is 23.4 Å². The first-order chi connectivity index (χ1) is 11.7. The van der Waals surface area contributed by atoms with Crippen molar-refractivity contribution in [1.82, 2.24) is 0 Å². The fourth-order valence-corrected chi connectivity index (χ4v) is 3.25. The van der Waals surface area contributed by atoms with Crippen molar-refractivity contribution in [3.05, 3.63) is 64.2 Å². The first kappa shape index (κ1) is 19.5. The standard InChI is InChI=1S/C20H21ClO3S/c1-5-24-18(22)16-12-14(20(2,3)4)9-10-17(16)25-19(23)13-7-6-8-15(21)11-13/h6-12H,5H2,1-4H3. The molecule has 0 spiro atoms. The third kappa shape index (κ3) is 5.10. The number of halogens is 1. The monoisotopic (exact) mass is 376 g/mol. The summed E-state index contributed by atoms with van der Waals surface area (Å²) in [4.78, 5) is 25.5. The summed E-state index contributed by atoms with van der Waals surface area (Å²) in [6, 6.07) is 12.3. The second-order valence-electron chi connectivity index (χ2n) is 6.58. The molecule has 0 amide bonds. The van der Waals surface area contributed by atoms with Gasteiger partial charge in [-0.15, -0.1) is 0 Å². The lowest BCUT2D eigenvalue weighted by Gasteiger charge is -2.20. The summed E-state index contributed by atoms with van der Waals surface area (Å²) in [6.45, 7) is 8.25. The Labute approximate surface area is 157 Å². The van der Waals surface area contributed by atoms with E-state index in [1.54, 1.807) is 37.3 Å². The zero-order valence-electron chi connectivity index (χ0n) is 14.8. The van der Waals surface area contributed by atoms with Gasteiger partial charge >= 0.3 is 5.97 Å². The van der Waals surface area contributed by atoms with Gasteiger partial charge in [0.15, 0.2) is 0 Å². The molecular weight excluding hydrogens is 356 g/mol. The highest BCUT2D eigenvalue weighted by Crippen LogP contribution is 2.32. The van der Waals surface area contributed by atoms with Crippen molar-refractivity contribution in [2.75, 3.05) is 6.61 Å². The lowest BCUT2D eigenvalue weighted by molar-refractivity contribution is 0.0522. The number of ether oxygens (including phenoxy) is 1. The van der Waals surface area contributed by atoms with Crippen LogP contribution in [0.3, 0.4) is 0 Å². The smallest absolute Gasteiger partial charge is 0.339 e.